The molecule has 23 heavy (non-hydrogen) atoms. The van der Waals surface area contributed by atoms with E-state index in [1.54, 1.807) is 30.3 Å². The molecule has 0 bridgehead atoms. The van der Waals surface area contributed by atoms with Crippen LogP contribution in [0.4, 0.5) is 0 Å². The van der Waals surface area contributed by atoms with E-state index in [0.29, 0.717) is 27.8 Å². The molecule has 1 N–H and O–H groups in total. The SMILES string of the molecule is CCC(COc1cnc(Cl)c(Cl)c1)NC(=O)c1ccccc1Cl. The highest BCUT2D eigenvalue weighted by molar-refractivity contribution is 6.41. The Morgan fingerprint density at radius 1 is 1.26 bits per heavy atom. The van der Waals surface area contributed by atoms with Crippen molar-refractivity contribution in [2.24, 2.45) is 0 Å². The van der Waals surface area contributed by atoms with Crippen LogP contribution in [0.1, 0.15) is 23.7 Å². The third-order valence-electron chi connectivity index (χ3n) is 3.17. The Morgan fingerprint density at radius 3 is 2.65 bits per heavy atom. The predicted molar refractivity (Wildman–Crippen MR) is 92.7 cm³/mol. The fraction of sp³-hybridized carbons (Fsp3) is 0.250. The van der Waals surface area contributed by atoms with Gasteiger partial charge in [0.15, 0.2) is 0 Å². The average Bonchev–Trinajstić information content (AvgIpc) is 2.54. The Bertz CT molecular complexity index is 695. The van der Waals surface area contributed by atoms with Crippen LogP contribution in [0.5, 0.6) is 5.75 Å². The summed E-state index contributed by atoms with van der Waals surface area (Å²) < 4.78 is 5.61. The Hall–Kier alpha value is -1.49. The first-order valence-corrected chi connectivity index (χ1v) is 8.14. The van der Waals surface area contributed by atoms with E-state index in [-0.39, 0.29) is 23.7 Å². The van der Waals surface area contributed by atoms with Crippen molar-refractivity contribution in [3.05, 3.63) is 57.3 Å². The third-order valence-corrected chi connectivity index (χ3v) is 4.18. The normalized spacial score (nSPS) is 11.8. The van der Waals surface area contributed by atoms with E-state index < -0.39 is 0 Å². The van der Waals surface area contributed by atoms with Crippen LogP contribution < -0.4 is 10.1 Å². The van der Waals surface area contributed by atoms with Gasteiger partial charge in [0, 0.05) is 6.07 Å². The molecular weight excluding hydrogens is 359 g/mol. The minimum absolute atomic E-state index is 0.173. The van der Waals surface area contributed by atoms with Crippen LogP contribution in [0.2, 0.25) is 15.2 Å². The van der Waals surface area contributed by atoms with Crippen molar-refractivity contribution in [1.82, 2.24) is 10.3 Å². The molecule has 0 saturated carbocycles. The maximum Gasteiger partial charge on any atom is 0.253 e. The van der Waals surface area contributed by atoms with Crippen molar-refractivity contribution in [3.63, 3.8) is 0 Å². The van der Waals surface area contributed by atoms with Gasteiger partial charge in [0.25, 0.3) is 5.91 Å². The number of pyridine rings is 1. The molecule has 0 aliphatic carbocycles. The fourth-order valence-corrected chi connectivity index (χ4v) is 2.33. The molecule has 7 heteroatoms. The lowest BCUT2D eigenvalue weighted by Gasteiger charge is -2.18. The van der Waals surface area contributed by atoms with Gasteiger partial charge in [-0.2, -0.15) is 0 Å². The highest BCUT2D eigenvalue weighted by Gasteiger charge is 2.15. The first kappa shape index (κ1) is 17.9. The number of rotatable bonds is 6. The largest absolute Gasteiger partial charge is 0.490 e. The monoisotopic (exact) mass is 372 g/mol. The van der Waals surface area contributed by atoms with Gasteiger partial charge < -0.3 is 10.1 Å². The summed E-state index contributed by atoms with van der Waals surface area (Å²) in [5.74, 6) is 0.253. The molecule has 0 radical (unpaired) electrons. The molecule has 1 atom stereocenters. The summed E-state index contributed by atoms with van der Waals surface area (Å²) in [5.41, 5.74) is 0.434. The van der Waals surface area contributed by atoms with Gasteiger partial charge in [0.1, 0.15) is 17.5 Å². The van der Waals surface area contributed by atoms with E-state index in [1.165, 1.54) is 6.20 Å². The molecule has 0 saturated heterocycles. The summed E-state index contributed by atoms with van der Waals surface area (Å²) in [6, 6.07) is 8.30. The van der Waals surface area contributed by atoms with Crippen LogP contribution in [0.3, 0.4) is 0 Å². The fourth-order valence-electron chi connectivity index (χ4n) is 1.85. The summed E-state index contributed by atoms with van der Waals surface area (Å²) in [6.45, 7) is 2.24. The van der Waals surface area contributed by atoms with Crippen molar-refractivity contribution in [1.29, 1.82) is 0 Å². The lowest BCUT2D eigenvalue weighted by atomic mass is 10.1. The molecule has 0 fully saturated rings. The summed E-state index contributed by atoms with van der Waals surface area (Å²) >= 11 is 17.7. The number of benzene rings is 1. The number of hydrogen-bond acceptors (Lipinski definition) is 3. The lowest BCUT2D eigenvalue weighted by Crippen LogP contribution is -2.38. The van der Waals surface area contributed by atoms with Crippen LogP contribution in [0.25, 0.3) is 0 Å². The minimum Gasteiger partial charge on any atom is -0.490 e. The van der Waals surface area contributed by atoms with E-state index in [0.717, 1.165) is 0 Å². The molecule has 122 valence electrons. The highest BCUT2D eigenvalue weighted by Crippen LogP contribution is 2.23. The van der Waals surface area contributed by atoms with Gasteiger partial charge in [-0.3, -0.25) is 4.79 Å². The zero-order valence-electron chi connectivity index (χ0n) is 12.4. The number of aromatic nitrogens is 1. The van der Waals surface area contributed by atoms with Crippen molar-refractivity contribution in [3.8, 4) is 5.75 Å². The molecule has 0 spiro atoms. The Labute approximate surface area is 149 Å². The lowest BCUT2D eigenvalue weighted by molar-refractivity contribution is 0.0920. The molecule has 1 aromatic heterocycles. The Balaban J connectivity index is 1.96. The standard InChI is InChI=1S/C16H15Cl3N2O2/c1-2-10(9-23-11-7-14(18)15(19)20-8-11)21-16(22)12-5-3-4-6-13(12)17/h3-8,10H,2,9H2,1H3,(H,21,22). The summed E-state index contributed by atoms with van der Waals surface area (Å²) in [6.07, 6.45) is 2.18. The summed E-state index contributed by atoms with van der Waals surface area (Å²) in [5, 5.41) is 3.84. The van der Waals surface area contributed by atoms with E-state index in [2.05, 4.69) is 10.3 Å². The van der Waals surface area contributed by atoms with Crippen molar-refractivity contribution in [2.45, 2.75) is 19.4 Å². The Morgan fingerprint density at radius 2 is 2.00 bits per heavy atom. The van der Waals surface area contributed by atoms with Gasteiger partial charge in [0.2, 0.25) is 0 Å². The van der Waals surface area contributed by atoms with Crippen molar-refractivity contribution < 1.29 is 9.53 Å². The quantitative estimate of drug-likeness (QED) is 0.751. The number of ether oxygens (including phenoxy) is 1. The van der Waals surface area contributed by atoms with Crippen LogP contribution in [0.15, 0.2) is 36.5 Å². The van der Waals surface area contributed by atoms with Crippen molar-refractivity contribution >= 4 is 40.7 Å². The predicted octanol–water partition coefficient (Wildman–Crippen LogP) is 4.63. The molecule has 1 amide bonds. The molecule has 1 heterocycles. The molecule has 4 nitrogen and oxygen atoms in total. The van der Waals surface area contributed by atoms with Crippen molar-refractivity contribution in [2.75, 3.05) is 6.61 Å². The molecule has 2 rings (SSSR count). The summed E-state index contributed by atoms with van der Waals surface area (Å²) in [4.78, 5) is 16.1. The first-order chi connectivity index (χ1) is 11.0. The number of nitrogens with zero attached hydrogens (tertiary/aromatic N) is 1. The molecule has 2 aromatic rings. The number of carbonyl (C=O) groups excluding carboxylic acids is 1. The topological polar surface area (TPSA) is 51.2 Å². The highest BCUT2D eigenvalue weighted by atomic mass is 35.5. The maximum absolute atomic E-state index is 12.2. The second-order valence-electron chi connectivity index (χ2n) is 4.81. The maximum atomic E-state index is 12.2. The number of hydrogen-bond donors (Lipinski definition) is 1. The van der Waals surface area contributed by atoms with Gasteiger partial charge in [0.05, 0.1) is 27.8 Å². The number of nitrogens with one attached hydrogen (secondary N) is 1. The van der Waals surface area contributed by atoms with E-state index >= 15 is 0 Å². The third kappa shape index (κ3) is 4.99. The first-order valence-electron chi connectivity index (χ1n) is 7.00. The second kappa shape index (κ2) is 8.39. The molecule has 1 aromatic carbocycles. The molecule has 0 aliphatic heterocycles. The van der Waals surface area contributed by atoms with Gasteiger partial charge in [-0.25, -0.2) is 4.98 Å². The zero-order chi connectivity index (χ0) is 16.8. The van der Waals surface area contributed by atoms with E-state index in [4.69, 9.17) is 39.5 Å². The second-order valence-corrected chi connectivity index (χ2v) is 5.99. The van der Waals surface area contributed by atoms with Gasteiger partial charge in [-0.15, -0.1) is 0 Å². The van der Waals surface area contributed by atoms with Gasteiger partial charge in [-0.1, -0.05) is 53.9 Å². The molecule has 1 unspecified atom stereocenters. The molecule has 0 aliphatic rings. The van der Waals surface area contributed by atoms with Crippen LogP contribution in [-0.4, -0.2) is 23.5 Å². The zero-order valence-corrected chi connectivity index (χ0v) is 14.6. The van der Waals surface area contributed by atoms with E-state index in [9.17, 15) is 4.79 Å². The average molecular weight is 374 g/mol. The van der Waals surface area contributed by atoms with Gasteiger partial charge in [-0.05, 0) is 18.6 Å². The molecular formula is C16H15Cl3N2O2. The Kier molecular flexibility index (Phi) is 6.51. The summed E-state index contributed by atoms with van der Waals surface area (Å²) in [7, 11) is 0. The van der Waals surface area contributed by atoms with Gasteiger partial charge >= 0.3 is 0 Å². The number of halogens is 3. The number of amides is 1. The number of carbonyl (C=O) groups is 1. The van der Waals surface area contributed by atoms with Crippen LogP contribution in [0, 0.1) is 0 Å². The van der Waals surface area contributed by atoms with Crippen LogP contribution >= 0.6 is 34.8 Å². The minimum atomic E-state index is -0.238. The smallest absolute Gasteiger partial charge is 0.253 e. The van der Waals surface area contributed by atoms with E-state index in [1.807, 2.05) is 6.92 Å². The van der Waals surface area contributed by atoms with Crippen LogP contribution in [-0.2, 0) is 0 Å².